The molecule has 0 aliphatic carbocycles. The van der Waals surface area contributed by atoms with Crippen LogP contribution in [0.5, 0.6) is 5.75 Å². The molecule has 8 heteroatoms. The van der Waals surface area contributed by atoms with Gasteiger partial charge in [-0.15, -0.1) is 24.0 Å². The van der Waals surface area contributed by atoms with Crippen LogP contribution in [0.25, 0.3) is 11.5 Å². The topological polar surface area (TPSA) is 71.7 Å². The van der Waals surface area contributed by atoms with Gasteiger partial charge in [0.2, 0.25) is 5.89 Å². The molecule has 0 saturated heterocycles. The first-order chi connectivity index (χ1) is 13.2. The van der Waals surface area contributed by atoms with Crippen LogP contribution in [0, 0.1) is 0 Å². The molecule has 28 heavy (non-hydrogen) atoms. The molecule has 148 valence electrons. The maximum atomic E-state index is 5.68. The first-order valence-electron chi connectivity index (χ1n) is 8.57. The molecule has 2 N–H and O–H groups in total. The van der Waals surface area contributed by atoms with Gasteiger partial charge < -0.3 is 19.8 Å². The van der Waals surface area contributed by atoms with E-state index in [0.717, 1.165) is 21.5 Å². The molecule has 0 radical (unpaired) electrons. The van der Waals surface area contributed by atoms with Crippen molar-refractivity contribution in [1.82, 2.24) is 15.6 Å². The number of nitrogens with zero attached hydrogens (tertiary/aromatic N) is 2. The molecule has 0 saturated carbocycles. The van der Waals surface area contributed by atoms with Crippen LogP contribution >= 0.6 is 39.9 Å². The fourth-order valence-electron chi connectivity index (χ4n) is 2.37. The highest BCUT2D eigenvalue weighted by atomic mass is 127. The fraction of sp³-hybridized carbons (Fsp3) is 0.200. The molecule has 2 aromatic carbocycles. The van der Waals surface area contributed by atoms with Crippen molar-refractivity contribution in [3.8, 4) is 17.2 Å². The van der Waals surface area contributed by atoms with Crippen LogP contribution in [0.3, 0.4) is 0 Å². The van der Waals surface area contributed by atoms with E-state index in [-0.39, 0.29) is 24.0 Å². The van der Waals surface area contributed by atoms with Crippen molar-refractivity contribution in [3.05, 3.63) is 71.0 Å². The van der Waals surface area contributed by atoms with E-state index in [2.05, 4.69) is 36.5 Å². The third-order valence-electron chi connectivity index (χ3n) is 3.71. The molecular formula is C20H22BrIN4O2. The van der Waals surface area contributed by atoms with Crippen LogP contribution in [0.2, 0.25) is 0 Å². The molecule has 0 spiro atoms. The Morgan fingerprint density at radius 1 is 1.11 bits per heavy atom. The van der Waals surface area contributed by atoms with E-state index in [1.54, 1.807) is 13.3 Å². The number of guanidine groups is 1. The second-order valence-corrected chi connectivity index (χ2v) is 6.58. The van der Waals surface area contributed by atoms with Crippen molar-refractivity contribution in [2.75, 3.05) is 20.2 Å². The van der Waals surface area contributed by atoms with Gasteiger partial charge in [0.15, 0.2) is 5.96 Å². The Hall–Kier alpha value is -2.07. The van der Waals surface area contributed by atoms with Gasteiger partial charge in [0.05, 0.1) is 18.8 Å². The molecular weight excluding hydrogens is 535 g/mol. The van der Waals surface area contributed by atoms with Gasteiger partial charge in [0, 0.05) is 17.1 Å². The second kappa shape index (κ2) is 11.7. The number of hydrogen-bond acceptors (Lipinski definition) is 4. The highest BCUT2D eigenvalue weighted by Crippen LogP contribution is 2.18. The molecule has 3 aromatic rings. The first kappa shape index (κ1) is 22.2. The normalized spacial score (nSPS) is 10.9. The third kappa shape index (κ3) is 6.83. The molecule has 0 aliphatic rings. The third-order valence-corrected chi connectivity index (χ3v) is 4.24. The molecule has 0 aliphatic heterocycles. The van der Waals surface area contributed by atoms with E-state index in [1.165, 1.54) is 0 Å². The van der Waals surface area contributed by atoms with E-state index in [1.807, 2.05) is 54.6 Å². The average Bonchev–Trinajstić information content (AvgIpc) is 3.18. The molecule has 3 rings (SSSR count). The van der Waals surface area contributed by atoms with Crippen molar-refractivity contribution in [3.63, 3.8) is 0 Å². The number of ether oxygens (including phenoxy) is 1. The monoisotopic (exact) mass is 556 g/mol. The fourth-order valence-corrected chi connectivity index (χ4v) is 2.63. The largest absolute Gasteiger partial charge is 0.492 e. The minimum absolute atomic E-state index is 0. The van der Waals surface area contributed by atoms with E-state index < -0.39 is 0 Å². The Balaban J connectivity index is 0.00000280. The summed E-state index contributed by atoms with van der Waals surface area (Å²) in [7, 11) is 1.73. The molecule has 1 heterocycles. The maximum absolute atomic E-state index is 5.68. The number of hydrogen-bond donors (Lipinski definition) is 2. The van der Waals surface area contributed by atoms with E-state index in [0.29, 0.717) is 31.5 Å². The molecule has 6 nitrogen and oxygen atoms in total. The van der Waals surface area contributed by atoms with Crippen molar-refractivity contribution in [1.29, 1.82) is 0 Å². The Morgan fingerprint density at radius 2 is 1.86 bits per heavy atom. The Bertz CT molecular complexity index is 869. The van der Waals surface area contributed by atoms with E-state index in [4.69, 9.17) is 9.15 Å². The van der Waals surface area contributed by atoms with Crippen molar-refractivity contribution in [2.45, 2.75) is 6.54 Å². The van der Waals surface area contributed by atoms with Crippen molar-refractivity contribution < 1.29 is 9.15 Å². The maximum Gasteiger partial charge on any atom is 0.226 e. The Morgan fingerprint density at radius 3 is 2.57 bits per heavy atom. The molecule has 0 atom stereocenters. The zero-order valence-corrected chi connectivity index (χ0v) is 19.3. The Labute approximate surface area is 190 Å². The summed E-state index contributed by atoms with van der Waals surface area (Å²) in [6.45, 7) is 1.68. The summed E-state index contributed by atoms with van der Waals surface area (Å²) in [6.07, 6.45) is 1.65. The summed E-state index contributed by atoms with van der Waals surface area (Å²) in [4.78, 5) is 8.69. The number of benzene rings is 2. The van der Waals surface area contributed by atoms with Crippen LogP contribution in [-0.4, -0.2) is 31.1 Å². The summed E-state index contributed by atoms with van der Waals surface area (Å²) in [6, 6.07) is 17.6. The van der Waals surface area contributed by atoms with Gasteiger partial charge in [-0.05, 0) is 36.4 Å². The molecule has 1 aromatic heterocycles. The van der Waals surface area contributed by atoms with Gasteiger partial charge in [0.25, 0.3) is 0 Å². The highest BCUT2D eigenvalue weighted by molar-refractivity contribution is 14.0. The number of halogens is 2. The number of rotatable bonds is 7. The van der Waals surface area contributed by atoms with Crippen LogP contribution in [0.15, 0.2) is 74.7 Å². The van der Waals surface area contributed by atoms with Gasteiger partial charge in [-0.3, -0.25) is 4.99 Å². The number of aliphatic imine (C=N–C) groups is 1. The van der Waals surface area contributed by atoms with Gasteiger partial charge >= 0.3 is 0 Å². The number of aromatic nitrogens is 1. The minimum Gasteiger partial charge on any atom is -0.492 e. The van der Waals surface area contributed by atoms with Crippen LogP contribution in [0.1, 0.15) is 5.69 Å². The lowest BCUT2D eigenvalue weighted by Gasteiger charge is -2.11. The van der Waals surface area contributed by atoms with Gasteiger partial charge in [-0.25, -0.2) is 4.98 Å². The van der Waals surface area contributed by atoms with Gasteiger partial charge in [-0.1, -0.05) is 34.1 Å². The minimum atomic E-state index is 0. The second-order valence-electron chi connectivity index (χ2n) is 5.66. The van der Waals surface area contributed by atoms with Crippen molar-refractivity contribution >= 4 is 45.9 Å². The standard InChI is InChI=1S/C20H21BrN4O2.HI/c1-22-20(23-11-12-26-18-9-7-16(21)8-10-18)24-13-17-14-27-19(25-17)15-5-3-2-4-6-15;/h2-10,14H,11-13H2,1H3,(H2,22,23,24);1H. The SMILES string of the molecule is CN=C(NCCOc1ccc(Br)cc1)NCc1coc(-c2ccccc2)n1.I. The first-order valence-corrected chi connectivity index (χ1v) is 9.36. The summed E-state index contributed by atoms with van der Waals surface area (Å²) >= 11 is 3.40. The predicted molar refractivity (Wildman–Crippen MR) is 125 cm³/mol. The summed E-state index contributed by atoms with van der Waals surface area (Å²) in [5.41, 5.74) is 1.76. The zero-order chi connectivity index (χ0) is 18.9. The molecule has 0 bridgehead atoms. The lowest BCUT2D eigenvalue weighted by Crippen LogP contribution is -2.38. The quantitative estimate of drug-likeness (QED) is 0.194. The summed E-state index contributed by atoms with van der Waals surface area (Å²) < 4.78 is 12.2. The highest BCUT2D eigenvalue weighted by Gasteiger charge is 2.07. The Kier molecular flexibility index (Phi) is 9.29. The number of nitrogens with one attached hydrogen (secondary N) is 2. The van der Waals surface area contributed by atoms with Gasteiger partial charge in [-0.2, -0.15) is 0 Å². The van der Waals surface area contributed by atoms with Crippen molar-refractivity contribution in [2.24, 2.45) is 4.99 Å². The molecule has 0 amide bonds. The summed E-state index contributed by atoms with van der Waals surface area (Å²) in [5, 5.41) is 6.42. The summed E-state index contributed by atoms with van der Waals surface area (Å²) in [5.74, 6) is 2.12. The lowest BCUT2D eigenvalue weighted by molar-refractivity contribution is 0.322. The lowest BCUT2D eigenvalue weighted by atomic mass is 10.2. The van der Waals surface area contributed by atoms with E-state index in [9.17, 15) is 0 Å². The number of oxazole rings is 1. The predicted octanol–water partition coefficient (Wildman–Crippen LogP) is 4.47. The molecule has 0 fully saturated rings. The average molecular weight is 557 g/mol. The van der Waals surface area contributed by atoms with Crippen LogP contribution < -0.4 is 15.4 Å². The van der Waals surface area contributed by atoms with Crippen LogP contribution in [0.4, 0.5) is 0 Å². The van der Waals surface area contributed by atoms with Gasteiger partial charge in [0.1, 0.15) is 18.6 Å². The van der Waals surface area contributed by atoms with E-state index >= 15 is 0 Å². The van der Waals surface area contributed by atoms with Crippen LogP contribution in [-0.2, 0) is 6.54 Å². The zero-order valence-electron chi connectivity index (χ0n) is 15.4. The smallest absolute Gasteiger partial charge is 0.226 e. The molecule has 0 unspecified atom stereocenters.